The Balaban J connectivity index is 3.80. The predicted molar refractivity (Wildman–Crippen MR) is 47.1 cm³/mol. The highest BCUT2D eigenvalue weighted by molar-refractivity contribution is 4.88. The highest BCUT2D eigenvalue weighted by atomic mass is 14.9. The molecule has 0 heterocycles. The van der Waals surface area contributed by atoms with Crippen LogP contribution in [-0.2, 0) is 0 Å². The van der Waals surface area contributed by atoms with Crippen molar-refractivity contribution in [1.29, 1.82) is 5.26 Å². The Labute approximate surface area is 69.6 Å². The third kappa shape index (κ3) is 4.00. The zero-order valence-corrected chi connectivity index (χ0v) is 7.89. The SMILES string of the molecule is CCC(NC(C)C#N)C(C)C. The molecule has 0 saturated heterocycles. The summed E-state index contributed by atoms with van der Waals surface area (Å²) in [4.78, 5) is 0. The van der Waals surface area contributed by atoms with Gasteiger partial charge in [0.2, 0.25) is 0 Å². The predicted octanol–water partition coefficient (Wildman–Crippen LogP) is 1.92. The van der Waals surface area contributed by atoms with E-state index in [4.69, 9.17) is 5.26 Å². The first kappa shape index (κ1) is 10.4. The van der Waals surface area contributed by atoms with Crippen molar-refractivity contribution in [3.63, 3.8) is 0 Å². The summed E-state index contributed by atoms with van der Waals surface area (Å²) in [6.45, 7) is 8.38. The molecule has 0 aliphatic carbocycles. The van der Waals surface area contributed by atoms with Gasteiger partial charge in [0.25, 0.3) is 0 Å². The minimum atomic E-state index is -0.0256. The molecule has 0 bridgehead atoms. The van der Waals surface area contributed by atoms with Crippen LogP contribution in [0.1, 0.15) is 34.1 Å². The van der Waals surface area contributed by atoms with E-state index in [-0.39, 0.29) is 6.04 Å². The van der Waals surface area contributed by atoms with Gasteiger partial charge in [0.15, 0.2) is 0 Å². The molecular formula is C9H18N2. The molecule has 0 aromatic rings. The number of rotatable bonds is 4. The van der Waals surface area contributed by atoms with Gasteiger partial charge in [-0.3, -0.25) is 5.32 Å². The van der Waals surface area contributed by atoms with Gasteiger partial charge in [0.1, 0.15) is 0 Å². The first-order valence-electron chi connectivity index (χ1n) is 4.27. The molecule has 11 heavy (non-hydrogen) atoms. The Morgan fingerprint density at radius 1 is 1.36 bits per heavy atom. The smallest absolute Gasteiger partial charge is 0.0926 e. The largest absolute Gasteiger partial charge is 0.299 e. The van der Waals surface area contributed by atoms with Gasteiger partial charge in [-0.2, -0.15) is 5.26 Å². The van der Waals surface area contributed by atoms with Gasteiger partial charge in [0, 0.05) is 6.04 Å². The van der Waals surface area contributed by atoms with Crippen LogP contribution in [0.15, 0.2) is 0 Å². The van der Waals surface area contributed by atoms with Crippen LogP contribution in [0.5, 0.6) is 0 Å². The first-order chi connectivity index (χ1) is 5.11. The molecule has 2 unspecified atom stereocenters. The van der Waals surface area contributed by atoms with E-state index in [0.717, 1.165) is 6.42 Å². The Morgan fingerprint density at radius 2 is 1.91 bits per heavy atom. The summed E-state index contributed by atoms with van der Waals surface area (Å²) in [6, 6.07) is 2.62. The molecule has 1 N–H and O–H groups in total. The van der Waals surface area contributed by atoms with E-state index in [0.29, 0.717) is 12.0 Å². The molecule has 0 aromatic heterocycles. The van der Waals surface area contributed by atoms with Crippen molar-refractivity contribution in [2.45, 2.75) is 46.2 Å². The molecule has 2 atom stereocenters. The summed E-state index contributed by atoms with van der Waals surface area (Å²) < 4.78 is 0. The van der Waals surface area contributed by atoms with Crippen molar-refractivity contribution in [3.05, 3.63) is 0 Å². The fourth-order valence-electron chi connectivity index (χ4n) is 1.14. The lowest BCUT2D eigenvalue weighted by molar-refractivity contribution is 0.376. The van der Waals surface area contributed by atoms with E-state index >= 15 is 0 Å². The van der Waals surface area contributed by atoms with E-state index in [9.17, 15) is 0 Å². The van der Waals surface area contributed by atoms with Crippen molar-refractivity contribution in [2.75, 3.05) is 0 Å². The fraction of sp³-hybridized carbons (Fsp3) is 0.889. The van der Waals surface area contributed by atoms with E-state index in [1.54, 1.807) is 0 Å². The van der Waals surface area contributed by atoms with E-state index in [1.807, 2.05) is 6.92 Å². The highest BCUT2D eigenvalue weighted by Crippen LogP contribution is 2.05. The van der Waals surface area contributed by atoms with Crippen molar-refractivity contribution in [1.82, 2.24) is 5.32 Å². The normalized spacial score (nSPS) is 16.0. The Bertz CT molecular complexity index is 135. The lowest BCUT2D eigenvalue weighted by atomic mass is 10.0. The number of nitrogens with one attached hydrogen (secondary N) is 1. The van der Waals surface area contributed by atoms with E-state index < -0.39 is 0 Å². The Morgan fingerprint density at radius 3 is 2.18 bits per heavy atom. The molecule has 64 valence electrons. The number of nitrogens with zero attached hydrogens (tertiary/aromatic N) is 1. The van der Waals surface area contributed by atoms with Crippen LogP contribution in [0.2, 0.25) is 0 Å². The lowest BCUT2D eigenvalue weighted by Gasteiger charge is -2.21. The van der Waals surface area contributed by atoms with Crippen LogP contribution in [0.4, 0.5) is 0 Å². The molecule has 0 spiro atoms. The van der Waals surface area contributed by atoms with Crippen molar-refractivity contribution >= 4 is 0 Å². The van der Waals surface area contributed by atoms with Crippen LogP contribution in [0, 0.1) is 17.2 Å². The summed E-state index contributed by atoms with van der Waals surface area (Å²) in [5.41, 5.74) is 0. The highest BCUT2D eigenvalue weighted by Gasteiger charge is 2.12. The standard InChI is InChI=1S/C9H18N2/c1-5-9(7(2)3)11-8(4)6-10/h7-9,11H,5H2,1-4H3. The second-order valence-electron chi connectivity index (χ2n) is 3.28. The average molecular weight is 154 g/mol. The number of hydrogen-bond acceptors (Lipinski definition) is 2. The molecular weight excluding hydrogens is 136 g/mol. The van der Waals surface area contributed by atoms with Gasteiger partial charge < -0.3 is 0 Å². The molecule has 0 aliphatic rings. The summed E-state index contributed by atoms with van der Waals surface area (Å²) in [6.07, 6.45) is 1.09. The van der Waals surface area contributed by atoms with Crippen LogP contribution in [0.3, 0.4) is 0 Å². The maximum absolute atomic E-state index is 8.55. The average Bonchev–Trinajstić information content (AvgIpc) is 1.99. The lowest BCUT2D eigenvalue weighted by Crippen LogP contribution is -2.38. The molecule has 0 amide bonds. The number of nitriles is 1. The van der Waals surface area contributed by atoms with Gasteiger partial charge in [-0.25, -0.2) is 0 Å². The summed E-state index contributed by atoms with van der Waals surface area (Å²) in [7, 11) is 0. The third-order valence-electron chi connectivity index (χ3n) is 1.90. The molecule has 0 rings (SSSR count). The van der Waals surface area contributed by atoms with Crippen LogP contribution >= 0.6 is 0 Å². The second kappa shape index (κ2) is 5.15. The quantitative estimate of drug-likeness (QED) is 0.671. The Hall–Kier alpha value is -0.550. The van der Waals surface area contributed by atoms with Crippen molar-refractivity contribution < 1.29 is 0 Å². The van der Waals surface area contributed by atoms with Crippen LogP contribution in [0.25, 0.3) is 0 Å². The molecule has 0 fully saturated rings. The number of hydrogen-bond donors (Lipinski definition) is 1. The Kier molecular flexibility index (Phi) is 4.89. The maximum atomic E-state index is 8.55. The molecule has 2 nitrogen and oxygen atoms in total. The van der Waals surface area contributed by atoms with Crippen molar-refractivity contribution in [3.8, 4) is 6.07 Å². The zero-order chi connectivity index (χ0) is 8.85. The minimum absolute atomic E-state index is 0.0256. The first-order valence-corrected chi connectivity index (χ1v) is 4.27. The van der Waals surface area contributed by atoms with Gasteiger partial charge in [-0.1, -0.05) is 20.8 Å². The molecule has 0 radical (unpaired) electrons. The minimum Gasteiger partial charge on any atom is -0.299 e. The monoisotopic (exact) mass is 154 g/mol. The van der Waals surface area contributed by atoms with Gasteiger partial charge in [-0.15, -0.1) is 0 Å². The van der Waals surface area contributed by atoms with Gasteiger partial charge in [0.05, 0.1) is 12.1 Å². The summed E-state index contributed by atoms with van der Waals surface area (Å²) >= 11 is 0. The molecule has 0 saturated carbocycles. The molecule has 0 aliphatic heterocycles. The van der Waals surface area contributed by atoms with E-state index in [2.05, 4.69) is 32.2 Å². The van der Waals surface area contributed by atoms with Gasteiger partial charge >= 0.3 is 0 Å². The maximum Gasteiger partial charge on any atom is 0.0926 e. The van der Waals surface area contributed by atoms with Crippen LogP contribution < -0.4 is 5.32 Å². The van der Waals surface area contributed by atoms with E-state index in [1.165, 1.54) is 0 Å². The summed E-state index contributed by atoms with van der Waals surface area (Å²) in [5.74, 6) is 0.607. The van der Waals surface area contributed by atoms with Crippen molar-refractivity contribution in [2.24, 2.45) is 5.92 Å². The van der Waals surface area contributed by atoms with Crippen LogP contribution in [-0.4, -0.2) is 12.1 Å². The zero-order valence-electron chi connectivity index (χ0n) is 7.89. The summed E-state index contributed by atoms with van der Waals surface area (Å²) in [5, 5.41) is 11.8. The second-order valence-corrected chi connectivity index (χ2v) is 3.28. The topological polar surface area (TPSA) is 35.8 Å². The fourth-order valence-corrected chi connectivity index (χ4v) is 1.14. The molecule has 2 heteroatoms. The molecule has 0 aromatic carbocycles. The van der Waals surface area contributed by atoms with Gasteiger partial charge in [-0.05, 0) is 19.3 Å². The third-order valence-corrected chi connectivity index (χ3v) is 1.90.